The molecule has 8 nitrogen and oxygen atoms in total. The number of nitrogens with one attached hydrogen (secondary N) is 2. The Labute approximate surface area is 291 Å². The minimum Gasteiger partial charge on any atom is -0.463 e. The van der Waals surface area contributed by atoms with Crippen molar-refractivity contribution >= 4 is 32.4 Å². The van der Waals surface area contributed by atoms with Crippen LogP contribution in [0.4, 0.5) is 0 Å². The van der Waals surface area contributed by atoms with Crippen molar-refractivity contribution in [3.8, 4) is 0 Å². The Morgan fingerprint density at radius 3 is 2.33 bits per heavy atom. The molecule has 0 radical (unpaired) electrons. The fourth-order valence-corrected chi connectivity index (χ4v) is 5.07. The molecule has 0 amide bonds. The topological polar surface area (TPSA) is 110 Å². The maximum atomic E-state index is 12.1. The first-order valence-electron chi connectivity index (χ1n) is 17.3. The maximum Gasteiger partial charge on any atom is 0.305 e. The van der Waals surface area contributed by atoms with E-state index in [0.29, 0.717) is 26.0 Å². The minimum atomic E-state index is -0.286. The summed E-state index contributed by atoms with van der Waals surface area (Å²) in [5.41, 5.74) is 6.46. The van der Waals surface area contributed by atoms with Crippen molar-refractivity contribution < 1.29 is 28.5 Å². The van der Waals surface area contributed by atoms with E-state index in [9.17, 15) is 4.79 Å². The highest BCUT2D eigenvalue weighted by molar-refractivity contribution is 7.16. The number of ether oxygens (including phenoxy) is 3. The smallest absolute Gasteiger partial charge is 0.305 e. The number of aliphatic hydroxyl groups is 1. The molecule has 3 heterocycles. The summed E-state index contributed by atoms with van der Waals surface area (Å²) in [5.74, 6) is -0.168. The lowest BCUT2D eigenvalue weighted by molar-refractivity contribution is -0.149. The number of unbranched alkanes of at least 4 members (excludes halogenated alkanes) is 5. The molecule has 0 fully saturated rings. The fraction of sp³-hybridized carbons (Fsp3) is 0.513. The first-order chi connectivity index (χ1) is 23.5. The third-order valence-corrected chi connectivity index (χ3v) is 7.37. The number of aryl methyl sites for hydroxylation is 2. The van der Waals surface area contributed by atoms with Gasteiger partial charge in [-0.25, -0.2) is 0 Å². The normalized spacial score (nSPS) is 12.2. The zero-order valence-corrected chi connectivity index (χ0v) is 31.1. The molecule has 0 aliphatic rings. The van der Waals surface area contributed by atoms with E-state index >= 15 is 0 Å². The van der Waals surface area contributed by atoms with Crippen LogP contribution >= 0.6 is 9.24 Å². The van der Waals surface area contributed by atoms with Crippen molar-refractivity contribution in [2.75, 3.05) is 26.7 Å². The number of aromatic nitrogens is 2. The lowest BCUT2D eigenvalue weighted by Gasteiger charge is -2.17. The van der Waals surface area contributed by atoms with E-state index in [-0.39, 0.29) is 18.7 Å². The van der Waals surface area contributed by atoms with Gasteiger partial charge in [0.1, 0.15) is 12.7 Å². The molecule has 3 rings (SSSR count). The summed E-state index contributed by atoms with van der Waals surface area (Å²) in [7, 11) is 3.52. The van der Waals surface area contributed by atoms with E-state index in [1.54, 1.807) is 6.26 Å². The number of esters is 1. The molecule has 0 aromatic carbocycles. The molecule has 0 saturated carbocycles. The van der Waals surface area contributed by atoms with Crippen LogP contribution < -0.4 is 0 Å². The lowest BCUT2D eigenvalue weighted by Crippen LogP contribution is -2.27. The quantitative estimate of drug-likeness (QED) is 0.0421. The standard InChI is InChI=1S/C29H44NO5P.C9H13N.CH4O/c1-2-3-4-5-6-7-8-9-10-11-12-13-14-15-16-17-29(31)34-23-26(35-24-36)22-32-21-25-20-28-27(30-25)18-19-33-28;1-4-5-9-7(2)6-8(3)10-9;1-2/h3-4,6-7,9-10,18-20,26,30H,2,5,8,11-17,21-24,36H2,1H3;4-6,10H,1-3H3;2H,1H3/b4-3+,7-6+,10-9+;5-4-;. The average molecular weight is 685 g/mol. The van der Waals surface area contributed by atoms with Crippen LogP contribution in [0.5, 0.6) is 0 Å². The molecular formula is C39H61N2O6P. The van der Waals surface area contributed by atoms with Gasteiger partial charge in [0.15, 0.2) is 5.58 Å². The number of aromatic amines is 2. The van der Waals surface area contributed by atoms with Gasteiger partial charge >= 0.3 is 5.97 Å². The maximum absolute atomic E-state index is 12.1. The van der Waals surface area contributed by atoms with Crippen LogP contribution in [0.3, 0.4) is 0 Å². The number of H-pyrrole nitrogens is 2. The van der Waals surface area contributed by atoms with Crippen molar-refractivity contribution in [3.63, 3.8) is 0 Å². The van der Waals surface area contributed by atoms with Gasteiger partial charge in [-0.15, -0.1) is 9.24 Å². The Hall–Kier alpha value is -3.16. The summed E-state index contributed by atoms with van der Waals surface area (Å²) >= 11 is 0. The van der Waals surface area contributed by atoms with Gasteiger partial charge in [0.2, 0.25) is 0 Å². The summed E-state index contributed by atoms with van der Waals surface area (Å²) < 4.78 is 22.1. The summed E-state index contributed by atoms with van der Waals surface area (Å²) in [5, 5.41) is 7.00. The summed E-state index contributed by atoms with van der Waals surface area (Å²) in [6, 6.07) is 5.95. The number of hydrogen-bond acceptors (Lipinski definition) is 6. The lowest BCUT2D eigenvalue weighted by atomic mass is 10.1. The van der Waals surface area contributed by atoms with Crippen LogP contribution in [0.1, 0.15) is 101 Å². The Morgan fingerprint density at radius 2 is 1.67 bits per heavy atom. The highest BCUT2D eigenvalue weighted by Gasteiger charge is 2.13. The van der Waals surface area contributed by atoms with E-state index in [1.807, 2.05) is 25.1 Å². The number of carbonyl (C=O) groups excluding carboxylic acids is 1. The number of carbonyl (C=O) groups is 1. The Morgan fingerprint density at radius 1 is 0.958 bits per heavy atom. The van der Waals surface area contributed by atoms with E-state index in [1.165, 1.54) is 29.8 Å². The summed E-state index contributed by atoms with van der Waals surface area (Å²) in [4.78, 5) is 18.6. The molecule has 0 aliphatic carbocycles. The zero-order chi connectivity index (χ0) is 35.2. The predicted molar refractivity (Wildman–Crippen MR) is 203 cm³/mol. The van der Waals surface area contributed by atoms with Crippen molar-refractivity contribution in [3.05, 3.63) is 89.6 Å². The molecule has 2 unspecified atom stereocenters. The molecule has 48 heavy (non-hydrogen) atoms. The second kappa shape index (κ2) is 28.8. The minimum absolute atomic E-state index is 0.168. The van der Waals surface area contributed by atoms with Crippen LogP contribution in [0, 0.1) is 13.8 Å². The SMILES string of the molecule is C/C=C\c1[nH]c(C)cc1C.CC/C=C/C/C=C/C/C=C/CCCCCCCC(=O)OCC(COCc1cc2occc2[nH]1)OCP.CO. The molecule has 3 aromatic rings. The number of hydrogen-bond donors (Lipinski definition) is 3. The van der Waals surface area contributed by atoms with Gasteiger partial charge < -0.3 is 33.7 Å². The van der Waals surface area contributed by atoms with Gasteiger partial charge in [-0.3, -0.25) is 4.79 Å². The van der Waals surface area contributed by atoms with Gasteiger partial charge in [-0.2, -0.15) is 0 Å². The third-order valence-electron chi connectivity index (χ3n) is 7.17. The Balaban J connectivity index is 0.000000808. The third kappa shape index (κ3) is 20.3. The fourth-order valence-electron chi connectivity index (χ4n) is 4.80. The van der Waals surface area contributed by atoms with Crippen molar-refractivity contribution in [2.24, 2.45) is 0 Å². The number of furan rings is 1. The van der Waals surface area contributed by atoms with Gasteiger partial charge in [-0.1, -0.05) is 68.7 Å². The van der Waals surface area contributed by atoms with E-state index in [0.717, 1.165) is 68.8 Å². The molecular weight excluding hydrogens is 623 g/mol. The van der Waals surface area contributed by atoms with Crippen molar-refractivity contribution in [2.45, 2.75) is 105 Å². The van der Waals surface area contributed by atoms with Gasteiger partial charge in [-0.05, 0) is 77.0 Å². The van der Waals surface area contributed by atoms with Gasteiger partial charge in [0.25, 0.3) is 0 Å². The van der Waals surface area contributed by atoms with Crippen LogP contribution in [0.25, 0.3) is 17.2 Å². The van der Waals surface area contributed by atoms with E-state index < -0.39 is 0 Å². The molecule has 268 valence electrons. The Kier molecular flexibility index (Phi) is 25.7. The molecule has 2 atom stereocenters. The highest BCUT2D eigenvalue weighted by atomic mass is 31.0. The number of fused-ring (bicyclic) bond motifs is 1. The second-order valence-corrected chi connectivity index (χ2v) is 11.6. The monoisotopic (exact) mass is 684 g/mol. The Bertz CT molecular complexity index is 1300. The van der Waals surface area contributed by atoms with Crippen LogP contribution in [-0.4, -0.2) is 53.8 Å². The van der Waals surface area contributed by atoms with Crippen LogP contribution in [0.15, 0.2) is 71.4 Å². The number of rotatable bonds is 22. The van der Waals surface area contributed by atoms with Crippen molar-refractivity contribution in [1.29, 1.82) is 0 Å². The van der Waals surface area contributed by atoms with E-state index in [2.05, 4.69) is 88.6 Å². The van der Waals surface area contributed by atoms with Gasteiger partial charge in [0.05, 0.1) is 31.3 Å². The van der Waals surface area contributed by atoms with Crippen molar-refractivity contribution in [1.82, 2.24) is 9.97 Å². The largest absolute Gasteiger partial charge is 0.463 e. The molecule has 3 N–H and O–H groups in total. The average Bonchev–Trinajstić information content (AvgIpc) is 3.78. The van der Waals surface area contributed by atoms with Crippen LogP contribution in [0.2, 0.25) is 0 Å². The molecule has 0 saturated heterocycles. The zero-order valence-electron chi connectivity index (χ0n) is 30.0. The first kappa shape index (κ1) is 42.9. The predicted octanol–water partition coefficient (Wildman–Crippen LogP) is 9.90. The molecule has 0 spiro atoms. The highest BCUT2D eigenvalue weighted by Crippen LogP contribution is 2.17. The molecule has 0 aliphatic heterocycles. The molecule has 9 heteroatoms. The molecule has 3 aromatic heterocycles. The summed E-state index contributed by atoms with van der Waals surface area (Å²) in [6.07, 6.45) is 29.5. The first-order valence-corrected chi connectivity index (χ1v) is 18.1. The van der Waals surface area contributed by atoms with Crippen LogP contribution in [-0.2, 0) is 25.6 Å². The van der Waals surface area contributed by atoms with E-state index in [4.69, 9.17) is 23.7 Å². The molecule has 0 bridgehead atoms. The number of aliphatic hydroxyl groups excluding tert-OH is 1. The number of allylic oxidation sites excluding steroid dienone is 7. The second-order valence-electron chi connectivity index (χ2n) is 11.3. The van der Waals surface area contributed by atoms with Gasteiger partial charge in [0, 0.05) is 42.7 Å². The summed E-state index contributed by atoms with van der Waals surface area (Å²) in [6.45, 7) is 9.33.